The lowest BCUT2D eigenvalue weighted by molar-refractivity contribution is 0.0690. The van der Waals surface area contributed by atoms with Crippen molar-refractivity contribution in [2.45, 2.75) is 19.4 Å². The molecule has 1 aromatic carbocycles. The first kappa shape index (κ1) is 12.8. The summed E-state index contributed by atoms with van der Waals surface area (Å²) in [5, 5.41) is 9.03. The van der Waals surface area contributed by atoms with Crippen LogP contribution >= 0.6 is 12.4 Å². The molecule has 1 aromatic rings. The van der Waals surface area contributed by atoms with Crippen LogP contribution in [0.4, 0.5) is 0 Å². The van der Waals surface area contributed by atoms with Crippen LogP contribution < -0.4 is 10.5 Å². The van der Waals surface area contributed by atoms with Crippen LogP contribution in [0, 0.1) is 6.92 Å². The minimum absolute atomic E-state index is 0. The first-order chi connectivity index (χ1) is 7.09. The minimum Gasteiger partial charge on any atom is -0.492 e. The Hall–Kier alpha value is -1.26. The number of aromatic carboxylic acids is 1. The molecule has 0 amide bonds. The Balaban J connectivity index is 0.00000128. The molecule has 0 radical (unpaired) electrons. The van der Waals surface area contributed by atoms with Crippen LogP contribution in [-0.4, -0.2) is 17.7 Å². The summed E-state index contributed by atoms with van der Waals surface area (Å²) in [6.45, 7) is 2.34. The number of halogens is 1. The molecule has 16 heavy (non-hydrogen) atoms. The van der Waals surface area contributed by atoms with Crippen molar-refractivity contribution >= 4 is 18.4 Å². The van der Waals surface area contributed by atoms with E-state index in [4.69, 9.17) is 15.6 Å². The summed E-state index contributed by atoms with van der Waals surface area (Å²) in [6, 6.07) is 3.39. The van der Waals surface area contributed by atoms with Crippen LogP contribution in [-0.2, 0) is 0 Å². The van der Waals surface area contributed by atoms with E-state index in [1.807, 2.05) is 13.0 Å². The zero-order valence-corrected chi connectivity index (χ0v) is 9.71. The molecule has 0 fully saturated rings. The molecule has 3 N–H and O–H groups in total. The van der Waals surface area contributed by atoms with Gasteiger partial charge in [0.05, 0.1) is 6.61 Å². The number of fused-ring (bicyclic) bond motifs is 1. The van der Waals surface area contributed by atoms with Crippen LogP contribution in [0.2, 0.25) is 0 Å². The Bertz CT molecular complexity index is 420. The van der Waals surface area contributed by atoms with Crippen LogP contribution in [0.25, 0.3) is 0 Å². The fraction of sp³-hybridized carbons (Fsp3) is 0.364. The second kappa shape index (κ2) is 4.72. The van der Waals surface area contributed by atoms with E-state index in [1.165, 1.54) is 0 Å². The molecule has 0 saturated carbocycles. The summed E-state index contributed by atoms with van der Waals surface area (Å²) in [4.78, 5) is 11.0. The lowest BCUT2D eigenvalue weighted by atomic mass is 9.96. The number of aryl methyl sites for hydroxylation is 1. The number of benzene rings is 1. The van der Waals surface area contributed by atoms with E-state index in [2.05, 4.69) is 0 Å². The van der Waals surface area contributed by atoms with Crippen molar-refractivity contribution < 1.29 is 14.6 Å². The largest absolute Gasteiger partial charge is 0.492 e. The lowest BCUT2D eigenvalue weighted by Crippen LogP contribution is -2.22. The molecule has 1 atom stereocenters. The van der Waals surface area contributed by atoms with Gasteiger partial charge in [0.1, 0.15) is 11.3 Å². The predicted molar refractivity (Wildman–Crippen MR) is 62.4 cm³/mol. The highest BCUT2D eigenvalue weighted by atomic mass is 35.5. The maximum absolute atomic E-state index is 11.0. The average molecular weight is 244 g/mol. The number of rotatable bonds is 1. The van der Waals surface area contributed by atoms with E-state index in [0.717, 1.165) is 17.5 Å². The Morgan fingerprint density at radius 3 is 2.88 bits per heavy atom. The molecule has 0 unspecified atom stereocenters. The number of nitrogens with two attached hydrogens (primary N) is 1. The van der Waals surface area contributed by atoms with Gasteiger partial charge < -0.3 is 15.6 Å². The predicted octanol–water partition coefficient (Wildman–Crippen LogP) is 1.90. The van der Waals surface area contributed by atoms with E-state index in [-0.39, 0.29) is 24.0 Å². The molecular weight excluding hydrogens is 230 g/mol. The highest BCUT2D eigenvalue weighted by Crippen LogP contribution is 2.34. The summed E-state index contributed by atoms with van der Waals surface area (Å²) < 4.78 is 5.38. The van der Waals surface area contributed by atoms with Gasteiger partial charge in [-0.05, 0) is 18.6 Å². The number of carbonyl (C=O) groups is 1. The fourth-order valence-corrected chi connectivity index (χ4v) is 1.84. The minimum atomic E-state index is -0.968. The Labute approximate surface area is 99.8 Å². The van der Waals surface area contributed by atoms with Crippen molar-refractivity contribution in [2.75, 3.05) is 6.61 Å². The smallest absolute Gasteiger partial charge is 0.339 e. The summed E-state index contributed by atoms with van der Waals surface area (Å²) >= 11 is 0. The molecule has 1 aliphatic heterocycles. The zero-order valence-electron chi connectivity index (χ0n) is 8.90. The van der Waals surface area contributed by atoms with Crippen molar-refractivity contribution in [2.24, 2.45) is 5.73 Å². The molecule has 1 aliphatic rings. The molecule has 0 aliphatic carbocycles. The van der Waals surface area contributed by atoms with Gasteiger partial charge in [0.25, 0.3) is 0 Å². The van der Waals surface area contributed by atoms with Gasteiger partial charge in [0.15, 0.2) is 0 Å². The number of hydrogen-bond acceptors (Lipinski definition) is 3. The second-order valence-electron chi connectivity index (χ2n) is 3.78. The van der Waals surface area contributed by atoms with Crippen molar-refractivity contribution in [1.82, 2.24) is 0 Å². The van der Waals surface area contributed by atoms with Crippen molar-refractivity contribution in [1.29, 1.82) is 0 Å². The molecule has 0 spiro atoms. The maximum Gasteiger partial charge on any atom is 0.339 e. The van der Waals surface area contributed by atoms with E-state index in [0.29, 0.717) is 12.4 Å². The van der Waals surface area contributed by atoms with E-state index in [9.17, 15) is 4.79 Å². The topological polar surface area (TPSA) is 72.5 Å². The molecule has 5 heteroatoms. The Morgan fingerprint density at radius 1 is 1.56 bits per heavy atom. The van der Waals surface area contributed by atoms with Crippen LogP contribution in [0.15, 0.2) is 12.1 Å². The van der Waals surface area contributed by atoms with Crippen LogP contribution in [0.3, 0.4) is 0 Å². The summed E-state index contributed by atoms with van der Waals surface area (Å²) in [6.07, 6.45) is 0.732. The average Bonchev–Trinajstić information content (AvgIpc) is 2.18. The van der Waals surface area contributed by atoms with Crippen molar-refractivity contribution in [3.8, 4) is 5.75 Å². The van der Waals surface area contributed by atoms with E-state index < -0.39 is 5.97 Å². The van der Waals surface area contributed by atoms with Crippen LogP contribution in [0.5, 0.6) is 5.75 Å². The quantitative estimate of drug-likeness (QED) is 0.790. The summed E-state index contributed by atoms with van der Waals surface area (Å²) in [5.74, 6) is -0.532. The van der Waals surface area contributed by atoms with Gasteiger partial charge in [0.2, 0.25) is 0 Å². The van der Waals surface area contributed by atoms with Gasteiger partial charge in [-0.3, -0.25) is 0 Å². The molecule has 0 saturated heterocycles. The number of carboxylic acid groups (broad SMARTS) is 1. The molecule has 2 rings (SSSR count). The van der Waals surface area contributed by atoms with Gasteiger partial charge in [-0.2, -0.15) is 0 Å². The number of carboxylic acids is 1. The maximum atomic E-state index is 11.0. The molecule has 0 aromatic heterocycles. The highest BCUT2D eigenvalue weighted by molar-refractivity contribution is 5.92. The number of ether oxygens (including phenoxy) is 1. The first-order valence-corrected chi connectivity index (χ1v) is 4.86. The van der Waals surface area contributed by atoms with Crippen molar-refractivity contribution in [3.63, 3.8) is 0 Å². The Kier molecular flexibility index (Phi) is 3.78. The van der Waals surface area contributed by atoms with Gasteiger partial charge in [-0.1, -0.05) is 6.07 Å². The fourth-order valence-electron chi connectivity index (χ4n) is 1.84. The van der Waals surface area contributed by atoms with E-state index >= 15 is 0 Å². The van der Waals surface area contributed by atoms with E-state index in [1.54, 1.807) is 6.07 Å². The standard InChI is InChI=1S/C11H13NO3.ClH/c1-6-4-7-9(12)2-3-15-10(7)8(5-6)11(13)14;/h4-5,9H,2-3,12H2,1H3,(H,13,14);1H/t9-;/m1./s1. The van der Waals surface area contributed by atoms with Gasteiger partial charge >= 0.3 is 5.97 Å². The SMILES string of the molecule is Cc1cc(C(=O)O)c2c(c1)[C@H](N)CCO2.Cl. The molecule has 0 bridgehead atoms. The third kappa shape index (κ3) is 2.13. The molecular formula is C11H14ClNO3. The van der Waals surface area contributed by atoms with Gasteiger partial charge in [-0.15, -0.1) is 12.4 Å². The normalized spacial score (nSPS) is 18.0. The van der Waals surface area contributed by atoms with Crippen LogP contribution in [0.1, 0.15) is 33.9 Å². The molecule has 88 valence electrons. The number of hydrogen-bond donors (Lipinski definition) is 2. The lowest BCUT2D eigenvalue weighted by Gasteiger charge is -2.24. The molecule has 1 heterocycles. The summed E-state index contributed by atoms with van der Waals surface area (Å²) in [7, 11) is 0. The Morgan fingerprint density at radius 2 is 2.25 bits per heavy atom. The van der Waals surface area contributed by atoms with Gasteiger partial charge in [-0.25, -0.2) is 4.79 Å². The van der Waals surface area contributed by atoms with Crippen molar-refractivity contribution in [3.05, 3.63) is 28.8 Å². The third-order valence-electron chi connectivity index (χ3n) is 2.57. The highest BCUT2D eigenvalue weighted by Gasteiger charge is 2.24. The third-order valence-corrected chi connectivity index (χ3v) is 2.57. The summed E-state index contributed by atoms with van der Waals surface area (Å²) in [5.41, 5.74) is 7.82. The monoisotopic (exact) mass is 243 g/mol. The molecule has 4 nitrogen and oxygen atoms in total. The first-order valence-electron chi connectivity index (χ1n) is 4.86. The second-order valence-corrected chi connectivity index (χ2v) is 3.78. The zero-order chi connectivity index (χ0) is 11.0. The van der Waals surface area contributed by atoms with Gasteiger partial charge in [0, 0.05) is 18.0 Å².